The number of halogens is 3. The topological polar surface area (TPSA) is 24.5 Å². The highest BCUT2D eigenvalue weighted by atomic mass is 19.4. The van der Waals surface area contributed by atoms with Gasteiger partial charge in [0.1, 0.15) is 6.61 Å². The second-order valence-corrected chi connectivity index (χ2v) is 7.64. The molecule has 0 spiro atoms. The van der Waals surface area contributed by atoms with Crippen molar-refractivity contribution in [1.82, 2.24) is 10.2 Å². The molecule has 0 aromatic carbocycles. The zero-order chi connectivity index (χ0) is 16.3. The second kappa shape index (κ2) is 6.84. The first-order valence-corrected chi connectivity index (χ1v) is 7.54. The molecule has 1 aliphatic rings. The van der Waals surface area contributed by atoms with E-state index in [9.17, 15) is 13.2 Å². The lowest BCUT2D eigenvalue weighted by Crippen LogP contribution is -2.64. The van der Waals surface area contributed by atoms with Crippen molar-refractivity contribution in [2.24, 2.45) is 5.41 Å². The predicted octanol–water partition coefficient (Wildman–Crippen LogP) is 3.05. The van der Waals surface area contributed by atoms with Crippen molar-refractivity contribution in [3.8, 4) is 0 Å². The van der Waals surface area contributed by atoms with Gasteiger partial charge in [0.15, 0.2) is 0 Å². The van der Waals surface area contributed by atoms with Crippen molar-refractivity contribution in [1.29, 1.82) is 0 Å². The molecule has 126 valence electrons. The summed E-state index contributed by atoms with van der Waals surface area (Å²) in [4.78, 5) is 2.38. The summed E-state index contributed by atoms with van der Waals surface area (Å²) in [6, 6.07) is 0.383. The first-order valence-electron chi connectivity index (χ1n) is 7.54. The van der Waals surface area contributed by atoms with Crippen molar-refractivity contribution in [3.05, 3.63) is 0 Å². The Hall–Kier alpha value is -0.330. The van der Waals surface area contributed by atoms with Crippen molar-refractivity contribution in [3.63, 3.8) is 0 Å². The largest absolute Gasteiger partial charge is 0.411 e. The maximum absolute atomic E-state index is 12.0. The lowest BCUT2D eigenvalue weighted by atomic mass is 9.82. The number of ether oxygens (including phenoxy) is 1. The normalized spacial score (nSPS) is 24.3. The van der Waals surface area contributed by atoms with Crippen molar-refractivity contribution in [2.75, 3.05) is 32.8 Å². The molecule has 3 nitrogen and oxygen atoms in total. The van der Waals surface area contributed by atoms with Gasteiger partial charge in [-0.25, -0.2) is 0 Å². The van der Waals surface area contributed by atoms with Crippen molar-refractivity contribution >= 4 is 0 Å². The molecule has 0 aromatic heterocycles. The van der Waals surface area contributed by atoms with Crippen LogP contribution in [0.2, 0.25) is 0 Å². The van der Waals surface area contributed by atoms with Crippen LogP contribution in [0.15, 0.2) is 0 Å². The van der Waals surface area contributed by atoms with Gasteiger partial charge in [0, 0.05) is 37.8 Å². The van der Waals surface area contributed by atoms with Gasteiger partial charge in [0.2, 0.25) is 0 Å². The molecule has 21 heavy (non-hydrogen) atoms. The van der Waals surface area contributed by atoms with Gasteiger partial charge in [-0.1, -0.05) is 20.8 Å². The highest BCUT2D eigenvalue weighted by Crippen LogP contribution is 2.28. The number of rotatable bonds is 5. The minimum absolute atomic E-state index is 0.0363. The Labute approximate surface area is 126 Å². The Morgan fingerprint density at radius 2 is 1.86 bits per heavy atom. The number of hydrogen-bond donors (Lipinski definition) is 1. The summed E-state index contributed by atoms with van der Waals surface area (Å²) in [5.41, 5.74) is 0.172. The lowest BCUT2D eigenvalue weighted by molar-refractivity contribution is -0.174. The maximum Gasteiger partial charge on any atom is 0.411 e. The van der Waals surface area contributed by atoms with Crippen LogP contribution in [-0.4, -0.2) is 55.5 Å². The molecule has 1 N–H and O–H groups in total. The van der Waals surface area contributed by atoms with Crippen LogP contribution < -0.4 is 5.32 Å². The van der Waals surface area contributed by atoms with Crippen LogP contribution in [0.4, 0.5) is 13.2 Å². The molecule has 6 heteroatoms. The van der Waals surface area contributed by atoms with Crippen molar-refractivity contribution < 1.29 is 17.9 Å². The van der Waals surface area contributed by atoms with Gasteiger partial charge in [-0.05, 0) is 25.7 Å². The third kappa shape index (κ3) is 6.98. The van der Waals surface area contributed by atoms with Crippen molar-refractivity contribution in [2.45, 2.75) is 58.8 Å². The molecule has 0 radical (unpaired) electrons. The Morgan fingerprint density at radius 3 is 2.38 bits per heavy atom. The molecular formula is C15H29F3N2O. The first-order chi connectivity index (χ1) is 9.41. The van der Waals surface area contributed by atoms with Gasteiger partial charge in [-0.15, -0.1) is 0 Å². The summed E-state index contributed by atoms with van der Waals surface area (Å²) in [6.07, 6.45) is -3.61. The minimum atomic E-state index is -4.23. The fourth-order valence-electron chi connectivity index (χ4n) is 2.82. The summed E-state index contributed by atoms with van der Waals surface area (Å²) in [5, 5.41) is 3.54. The smallest absolute Gasteiger partial charge is 0.372 e. The molecule has 0 amide bonds. The van der Waals surface area contributed by atoms with E-state index in [1.54, 1.807) is 0 Å². The average molecular weight is 310 g/mol. The van der Waals surface area contributed by atoms with E-state index in [1.165, 1.54) is 0 Å². The Bertz CT molecular complexity index is 324. The quantitative estimate of drug-likeness (QED) is 0.790. The van der Waals surface area contributed by atoms with Crippen LogP contribution in [-0.2, 0) is 4.74 Å². The Balaban J connectivity index is 2.44. The van der Waals surface area contributed by atoms with Gasteiger partial charge >= 0.3 is 6.18 Å². The van der Waals surface area contributed by atoms with E-state index >= 15 is 0 Å². The molecular weight excluding hydrogens is 281 g/mol. The SMILES string of the molecule is CC1(C)CN(CCCOCC(F)(F)F)C(C(C)(C)C)CN1. The average Bonchev–Trinajstić information content (AvgIpc) is 2.23. The highest BCUT2D eigenvalue weighted by Gasteiger charge is 2.38. The van der Waals surface area contributed by atoms with Gasteiger partial charge in [0.25, 0.3) is 0 Å². The molecule has 1 unspecified atom stereocenters. The van der Waals surface area contributed by atoms with E-state index in [1.807, 2.05) is 0 Å². The molecule has 1 fully saturated rings. The number of hydrogen-bond acceptors (Lipinski definition) is 3. The Kier molecular flexibility index (Phi) is 6.09. The molecule has 0 saturated carbocycles. The minimum Gasteiger partial charge on any atom is -0.372 e. The van der Waals surface area contributed by atoms with E-state index in [2.05, 4.69) is 44.8 Å². The lowest BCUT2D eigenvalue weighted by Gasteiger charge is -2.49. The van der Waals surface area contributed by atoms with Gasteiger partial charge < -0.3 is 10.1 Å². The third-order valence-corrected chi connectivity index (χ3v) is 3.81. The molecule has 1 aliphatic heterocycles. The van der Waals surface area contributed by atoms with Crippen LogP contribution in [0.25, 0.3) is 0 Å². The summed E-state index contributed by atoms with van der Waals surface area (Å²) < 4.78 is 40.7. The van der Waals surface area contributed by atoms with E-state index in [4.69, 9.17) is 4.74 Å². The molecule has 1 rings (SSSR count). The fraction of sp³-hybridized carbons (Fsp3) is 1.00. The number of nitrogens with one attached hydrogen (secondary N) is 1. The summed E-state index contributed by atoms with van der Waals surface area (Å²) in [5.74, 6) is 0. The van der Waals surface area contributed by atoms with E-state index in [-0.39, 0.29) is 17.6 Å². The standard InChI is InChI=1S/C15H29F3N2O/c1-13(2,3)12-9-19-14(4,5)10-20(12)7-6-8-21-11-15(16,17)18/h12,19H,6-11H2,1-5H3. The monoisotopic (exact) mass is 310 g/mol. The van der Waals surface area contributed by atoms with Crippen LogP contribution >= 0.6 is 0 Å². The first kappa shape index (κ1) is 18.7. The molecule has 1 heterocycles. The van der Waals surface area contributed by atoms with Crippen LogP contribution in [0.3, 0.4) is 0 Å². The maximum atomic E-state index is 12.0. The third-order valence-electron chi connectivity index (χ3n) is 3.81. The van der Waals surface area contributed by atoms with E-state index in [0.29, 0.717) is 12.5 Å². The summed E-state index contributed by atoms with van der Waals surface area (Å²) in [6.45, 7) is 12.5. The van der Waals surface area contributed by atoms with Gasteiger partial charge in [-0.2, -0.15) is 13.2 Å². The summed E-state index contributed by atoms with van der Waals surface area (Å²) >= 11 is 0. The van der Waals surface area contributed by atoms with E-state index in [0.717, 1.165) is 19.6 Å². The predicted molar refractivity (Wildman–Crippen MR) is 78.4 cm³/mol. The molecule has 0 aromatic rings. The number of nitrogens with zero attached hydrogens (tertiary/aromatic N) is 1. The zero-order valence-corrected chi connectivity index (χ0v) is 13.8. The fourth-order valence-corrected chi connectivity index (χ4v) is 2.82. The molecule has 0 aliphatic carbocycles. The summed E-state index contributed by atoms with van der Waals surface area (Å²) in [7, 11) is 0. The number of alkyl halides is 3. The van der Waals surface area contributed by atoms with Crippen LogP contribution in [0.1, 0.15) is 41.0 Å². The Morgan fingerprint density at radius 1 is 1.24 bits per heavy atom. The van der Waals surface area contributed by atoms with Gasteiger partial charge in [-0.3, -0.25) is 4.90 Å². The molecule has 1 saturated heterocycles. The second-order valence-electron chi connectivity index (χ2n) is 7.64. The highest BCUT2D eigenvalue weighted by molar-refractivity contribution is 4.96. The van der Waals surface area contributed by atoms with Gasteiger partial charge in [0.05, 0.1) is 0 Å². The zero-order valence-electron chi connectivity index (χ0n) is 13.8. The van der Waals surface area contributed by atoms with Crippen LogP contribution in [0, 0.1) is 5.41 Å². The molecule has 0 bridgehead atoms. The molecule has 1 atom stereocenters. The van der Waals surface area contributed by atoms with E-state index < -0.39 is 12.8 Å². The number of piperazine rings is 1. The van der Waals surface area contributed by atoms with Crippen LogP contribution in [0.5, 0.6) is 0 Å².